The van der Waals surface area contributed by atoms with Gasteiger partial charge in [-0.05, 0) is 67.0 Å². The normalized spacial score (nSPS) is 19.2. The molecule has 0 unspecified atom stereocenters. The van der Waals surface area contributed by atoms with E-state index in [9.17, 15) is 4.79 Å². The van der Waals surface area contributed by atoms with Crippen molar-refractivity contribution in [3.63, 3.8) is 0 Å². The average molecular weight is 334 g/mol. The number of amides is 1. The Labute approximate surface area is 144 Å². The van der Waals surface area contributed by atoms with Gasteiger partial charge < -0.3 is 14.0 Å². The van der Waals surface area contributed by atoms with Crippen LogP contribution in [-0.2, 0) is 14.0 Å². The van der Waals surface area contributed by atoms with Gasteiger partial charge in [-0.25, -0.2) is 4.79 Å². The van der Waals surface area contributed by atoms with E-state index in [0.29, 0.717) is 11.3 Å². The number of aromatic nitrogens is 1. The second-order valence-corrected chi connectivity index (χ2v) is 8.08. The van der Waals surface area contributed by atoms with Crippen molar-refractivity contribution in [1.82, 2.24) is 4.98 Å². The zero-order valence-corrected chi connectivity index (χ0v) is 15.8. The molecule has 0 saturated carbocycles. The van der Waals surface area contributed by atoms with Gasteiger partial charge in [0.15, 0.2) is 0 Å². The molecule has 0 aliphatic carbocycles. The monoisotopic (exact) mass is 334 g/mol. The maximum absolute atomic E-state index is 12.0. The fraction of sp³-hybridized carbons (Fsp3) is 0.647. The second kappa shape index (κ2) is 6.04. The zero-order valence-electron chi connectivity index (χ0n) is 15.8. The first-order valence-corrected chi connectivity index (χ1v) is 8.13. The van der Waals surface area contributed by atoms with E-state index in [1.54, 1.807) is 12.3 Å². The number of hydrogen-bond acceptors (Lipinski definition) is 5. The van der Waals surface area contributed by atoms with E-state index in [2.05, 4.69) is 10.3 Å². The van der Waals surface area contributed by atoms with Gasteiger partial charge in [0, 0.05) is 11.9 Å². The summed E-state index contributed by atoms with van der Waals surface area (Å²) >= 11 is 0. The van der Waals surface area contributed by atoms with E-state index in [-0.39, 0.29) is 0 Å². The predicted molar refractivity (Wildman–Crippen MR) is 94.5 cm³/mol. The van der Waals surface area contributed by atoms with Crippen LogP contribution >= 0.6 is 0 Å². The van der Waals surface area contributed by atoms with Crippen LogP contribution < -0.4 is 10.9 Å². The summed E-state index contributed by atoms with van der Waals surface area (Å²) < 4.78 is 17.4. The standard InChI is InChI=1S/C17H27BN2O4/c1-11-12(20-14(21)22-15(2,3)4)9-10-19-13(11)18-23-16(5,6)17(7,8)24-18/h9-10H,1-8H3,(H,19,20,21). The molecule has 1 fully saturated rings. The van der Waals surface area contributed by atoms with Crippen molar-refractivity contribution >= 4 is 24.5 Å². The fourth-order valence-corrected chi connectivity index (χ4v) is 2.29. The lowest BCUT2D eigenvalue weighted by Gasteiger charge is -2.32. The Hall–Kier alpha value is -1.60. The molecule has 0 radical (unpaired) electrons. The second-order valence-electron chi connectivity index (χ2n) is 8.08. The van der Waals surface area contributed by atoms with Crippen LogP contribution in [0.15, 0.2) is 12.3 Å². The van der Waals surface area contributed by atoms with Crippen LogP contribution in [0, 0.1) is 6.92 Å². The largest absolute Gasteiger partial charge is 0.514 e. The molecule has 6 nitrogen and oxygen atoms in total. The van der Waals surface area contributed by atoms with Crippen molar-refractivity contribution < 1.29 is 18.8 Å². The third-order valence-corrected chi connectivity index (χ3v) is 4.36. The van der Waals surface area contributed by atoms with Gasteiger partial charge in [-0.1, -0.05) is 0 Å². The van der Waals surface area contributed by atoms with E-state index in [0.717, 1.165) is 5.56 Å². The summed E-state index contributed by atoms with van der Waals surface area (Å²) in [5.41, 5.74) is 0.633. The highest BCUT2D eigenvalue weighted by atomic mass is 16.7. The van der Waals surface area contributed by atoms with Crippen LogP contribution in [0.1, 0.15) is 54.0 Å². The van der Waals surface area contributed by atoms with Crippen molar-refractivity contribution in [3.05, 3.63) is 17.8 Å². The van der Waals surface area contributed by atoms with Crippen LogP contribution in [0.3, 0.4) is 0 Å². The molecule has 1 saturated heterocycles. The molecule has 1 N–H and O–H groups in total. The highest BCUT2D eigenvalue weighted by molar-refractivity contribution is 6.61. The summed E-state index contributed by atoms with van der Waals surface area (Å²) in [6.45, 7) is 15.3. The fourth-order valence-electron chi connectivity index (χ4n) is 2.29. The van der Waals surface area contributed by atoms with Gasteiger partial charge in [0.1, 0.15) is 5.60 Å². The molecule has 2 heterocycles. The van der Waals surface area contributed by atoms with Crippen molar-refractivity contribution in [3.8, 4) is 0 Å². The number of rotatable bonds is 2. The van der Waals surface area contributed by atoms with E-state index >= 15 is 0 Å². The molecular formula is C17H27BN2O4. The number of anilines is 1. The van der Waals surface area contributed by atoms with E-state index in [1.165, 1.54) is 0 Å². The first-order chi connectivity index (χ1) is 10.8. The highest BCUT2D eigenvalue weighted by Gasteiger charge is 2.52. The van der Waals surface area contributed by atoms with Crippen LogP contribution in [0.4, 0.5) is 10.5 Å². The maximum Gasteiger partial charge on any atom is 0.514 e. The summed E-state index contributed by atoms with van der Waals surface area (Å²) in [5, 5.41) is 2.76. The molecule has 7 heteroatoms. The Kier molecular flexibility index (Phi) is 4.72. The predicted octanol–water partition coefficient (Wildman–Crippen LogP) is 3.04. The molecule has 24 heavy (non-hydrogen) atoms. The summed E-state index contributed by atoms with van der Waals surface area (Å²) in [6, 6.07) is 1.73. The van der Waals surface area contributed by atoms with Gasteiger partial charge in [-0.3, -0.25) is 10.3 Å². The van der Waals surface area contributed by atoms with Gasteiger partial charge in [-0.2, -0.15) is 0 Å². The van der Waals surface area contributed by atoms with Gasteiger partial charge in [0.25, 0.3) is 0 Å². The number of hydrogen-bond donors (Lipinski definition) is 1. The minimum Gasteiger partial charge on any atom is -0.444 e. The molecule has 0 bridgehead atoms. The Morgan fingerprint density at radius 1 is 1.21 bits per heavy atom. The SMILES string of the molecule is Cc1c(NC(=O)OC(C)(C)C)ccnc1B1OC(C)(C)C(C)(C)O1. The summed E-state index contributed by atoms with van der Waals surface area (Å²) in [7, 11) is -0.574. The molecule has 0 spiro atoms. The van der Waals surface area contributed by atoms with Gasteiger partial charge in [-0.15, -0.1) is 0 Å². The third kappa shape index (κ3) is 3.90. The molecule has 1 amide bonds. The van der Waals surface area contributed by atoms with Crippen LogP contribution in [0.25, 0.3) is 0 Å². The zero-order chi connectivity index (χ0) is 18.3. The van der Waals surface area contributed by atoms with Crippen LogP contribution in [0.2, 0.25) is 0 Å². The first-order valence-electron chi connectivity index (χ1n) is 8.13. The van der Waals surface area contributed by atoms with Crippen molar-refractivity contribution in [2.24, 2.45) is 0 Å². The lowest BCUT2D eigenvalue weighted by Crippen LogP contribution is -2.41. The molecule has 1 aromatic rings. The van der Waals surface area contributed by atoms with E-state index < -0.39 is 30.0 Å². The molecule has 0 atom stereocenters. The molecular weight excluding hydrogens is 307 g/mol. The van der Waals surface area contributed by atoms with Gasteiger partial charge >= 0.3 is 13.2 Å². The molecule has 1 aromatic heterocycles. The third-order valence-electron chi connectivity index (χ3n) is 4.36. The Bertz CT molecular complexity index is 622. The Balaban J connectivity index is 2.22. The average Bonchev–Trinajstić information content (AvgIpc) is 2.58. The van der Waals surface area contributed by atoms with Crippen molar-refractivity contribution in [2.45, 2.75) is 72.2 Å². The number of carbonyl (C=O) groups excluding carboxylic acids is 1. The first kappa shape index (κ1) is 18.7. The van der Waals surface area contributed by atoms with Crippen molar-refractivity contribution in [1.29, 1.82) is 0 Å². The number of nitrogens with zero attached hydrogens (tertiary/aromatic N) is 1. The minimum absolute atomic E-state index is 0.444. The smallest absolute Gasteiger partial charge is 0.444 e. The van der Waals surface area contributed by atoms with E-state index in [1.807, 2.05) is 55.4 Å². The quantitative estimate of drug-likeness (QED) is 0.842. The molecule has 132 valence electrons. The van der Waals surface area contributed by atoms with Gasteiger partial charge in [0.05, 0.1) is 16.8 Å². The Morgan fingerprint density at radius 3 is 2.25 bits per heavy atom. The molecule has 2 rings (SSSR count). The number of pyridine rings is 1. The minimum atomic E-state index is -0.574. The topological polar surface area (TPSA) is 69.7 Å². The lowest BCUT2D eigenvalue weighted by atomic mass is 9.81. The summed E-state index contributed by atoms with van der Waals surface area (Å²) in [6.07, 6.45) is 1.12. The number of ether oxygens (including phenoxy) is 1. The van der Waals surface area contributed by atoms with Crippen molar-refractivity contribution in [2.75, 3.05) is 5.32 Å². The number of nitrogens with one attached hydrogen (secondary N) is 1. The number of carbonyl (C=O) groups is 1. The lowest BCUT2D eigenvalue weighted by molar-refractivity contribution is 0.00578. The van der Waals surface area contributed by atoms with E-state index in [4.69, 9.17) is 14.0 Å². The van der Waals surface area contributed by atoms with Gasteiger partial charge in [0.2, 0.25) is 0 Å². The summed E-state index contributed by atoms with van der Waals surface area (Å²) in [4.78, 5) is 16.4. The molecule has 1 aliphatic rings. The molecule has 1 aliphatic heterocycles. The van der Waals surface area contributed by atoms with Crippen LogP contribution in [-0.4, -0.2) is 35.0 Å². The Morgan fingerprint density at radius 2 is 1.75 bits per heavy atom. The molecule has 0 aromatic carbocycles. The van der Waals surface area contributed by atoms with Crippen LogP contribution in [0.5, 0.6) is 0 Å². The highest BCUT2D eigenvalue weighted by Crippen LogP contribution is 2.36. The summed E-state index contributed by atoms with van der Waals surface area (Å²) in [5.74, 6) is 0. The maximum atomic E-state index is 12.0.